The Morgan fingerprint density at radius 3 is 2.55 bits per heavy atom. The predicted molar refractivity (Wildman–Crippen MR) is 110 cm³/mol. The normalized spacial score (nSPS) is 15.7. The average molecular weight is 419 g/mol. The molecule has 0 radical (unpaired) electrons. The van der Waals surface area contributed by atoms with Crippen LogP contribution in [0.2, 0.25) is 0 Å². The number of benzene rings is 2. The molecule has 2 aromatic rings. The van der Waals surface area contributed by atoms with Gasteiger partial charge in [0.2, 0.25) is 10.0 Å². The molecular formula is C21H26N2O5S. The zero-order valence-corrected chi connectivity index (χ0v) is 17.9. The summed E-state index contributed by atoms with van der Waals surface area (Å²) in [5.74, 6) is 1.26. The lowest BCUT2D eigenvalue weighted by molar-refractivity contribution is 0.0950. The zero-order valence-electron chi connectivity index (χ0n) is 17.1. The number of fused-ring (bicyclic) bond motifs is 1. The maximum Gasteiger partial charge on any atom is 0.251 e. The third-order valence-corrected chi connectivity index (χ3v) is 6.54. The highest BCUT2D eigenvalue weighted by atomic mass is 32.2. The van der Waals surface area contributed by atoms with Gasteiger partial charge in [0.05, 0.1) is 11.5 Å². The van der Waals surface area contributed by atoms with Crippen LogP contribution in [0.25, 0.3) is 0 Å². The van der Waals surface area contributed by atoms with Gasteiger partial charge in [-0.1, -0.05) is 0 Å². The molecule has 0 saturated carbocycles. The smallest absolute Gasteiger partial charge is 0.251 e. The minimum atomic E-state index is -3.53. The maximum absolute atomic E-state index is 12.5. The minimum absolute atomic E-state index is 0.126. The average Bonchev–Trinajstić information content (AvgIpc) is 3.05. The first kappa shape index (κ1) is 21.1. The van der Waals surface area contributed by atoms with Crippen molar-refractivity contribution in [2.45, 2.75) is 37.8 Å². The van der Waals surface area contributed by atoms with E-state index < -0.39 is 10.0 Å². The van der Waals surface area contributed by atoms with Crippen molar-refractivity contribution in [3.8, 4) is 11.5 Å². The van der Waals surface area contributed by atoms with Crippen LogP contribution < -0.4 is 14.8 Å². The molecule has 0 fully saturated rings. The molecule has 1 aliphatic rings. The van der Waals surface area contributed by atoms with E-state index in [-0.39, 0.29) is 23.5 Å². The molecule has 0 saturated heterocycles. The number of amides is 1. The maximum atomic E-state index is 12.5. The summed E-state index contributed by atoms with van der Waals surface area (Å²) in [6.45, 7) is 4.73. The summed E-state index contributed by atoms with van der Waals surface area (Å²) >= 11 is 0. The monoisotopic (exact) mass is 418 g/mol. The van der Waals surface area contributed by atoms with E-state index in [1.165, 1.54) is 38.4 Å². The summed E-state index contributed by atoms with van der Waals surface area (Å²) in [6.07, 6.45) is 0.964. The molecule has 3 rings (SSSR count). The van der Waals surface area contributed by atoms with Gasteiger partial charge in [-0.25, -0.2) is 12.7 Å². The van der Waals surface area contributed by atoms with Crippen LogP contribution >= 0.6 is 0 Å². The van der Waals surface area contributed by atoms with Gasteiger partial charge in [0, 0.05) is 43.8 Å². The van der Waals surface area contributed by atoms with Gasteiger partial charge in [-0.3, -0.25) is 4.79 Å². The molecule has 0 aliphatic carbocycles. The first-order valence-corrected chi connectivity index (χ1v) is 10.9. The molecule has 1 unspecified atom stereocenters. The third-order valence-electron chi connectivity index (χ3n) is 4.71. The van der Waals surface area contributed by atoms with E-state index in [0.717, 1.165) is 33.4 Å². The van der Waals surface area contributed by atoms with Crippen LogP contribution in [0.3, 0.4) is 0 Å². The Bertz CT molecular complexity index is 1000. The summed E-state index contributed by atoms with van der Waals surface area (Å²) in [5, 5.41) is 2.86. The second-order valence-corrected chi connectivity index (χ2v) is 9.28. The van der Waals surface area contributed by atoms with Crippen molar-refractivity contribution >= 4 is 15.9 Å². The van der Waals surface area contributed by atoms with E-state index in [4.69, 9.17) is 9.47 Å². The third kappa shape index (κ3) is 4.54. The van der Waals surface area contributed by atoms with Crippen molar-refractivity contribution in [3.63, 3.8) is 0 Å². The molecule has 1 amide bonds. The number of sulfonamides is 1. The standard InChI is InChI=1S/C21H26N2O5S/c1-5-27-19-11-16-10-14(2)28-20(16)12-17(19)13-22-21(24)15-6-8-18(9-7-15)29(25,26)23(3)4/h6-9,11-12,14H,5,10,13H2,1-4H3,(H,22,24). The van der Waals surface area contributed by atoms with E-state index in [1.54, 1.807) is 0 Å². The molecule has 0 spiro atoms. The van der Waals surface area contributed by atoms with E-state index in [2.05, 4.69) is 5.32 Å². The SMILES string of the molecule is CCOc1cc2c(cc1CNC(=O)c1ccc(S(=O)(=O)N(C)C)cc1)OC(C)C2. The van der Waals surface area contributed by atoms with Crippen LogP contribution in [-0.2, 0) is 23.0 Å². The van der Waals surface area contributed by atoms with Crippen molar-refractivity contribution in [1.82, 2.24) is 9.62 Å². The number of hydrogen-bond acceptors (Lipinski definition) is 5. The molecule has 1 N–H and O–H groups in total. The summed E-state index contributed by atoms with van der Waals surface area (Å²) in [5.41, 5.74) is 2.32. The minimum Gasteiger partial charge on any atom is -0.494 e. The fourth-order valence-corrected chi connectivity index (χ4v) is 4.08. The van der Waals surface area contributed by atoms with Crippen molar-refractivity contribution in [2.75, 3.05) is 20.7 Å². The molecule has 156 valence electrons. The molecular weight excluding hydrogens is 392 g/mol. The molecule has 29 heavy (non-hydrogen) atoms. The number of nitrogens with zero attached hydrogens (tertiary/aromatic N) is 1. The lowest BCUT2D eigenvalue weighted by atomic mass is 10.1. The lowest BCUT2D eigenvalue weighted by Gasteiger charge is -2.14. The van der Waals surface area contributed by atoms with Crippen molar-refractivity contribution < 1.29 is 22.7 Å². The van der Waals surface area contributed by atoms with Gasteiger partial charge in [0.1, 0.15) is 17.6 Å². The highest BCUT2D eigenvalue weighted by Gasteiger charge is 2.22. The second-order valence-electron chi connectivity index (χ2n) is 7.13. The van der Waals surface area contributed by atoms with E-state index in [1.807, 2.05) is 26.0 Å². The Labute approximate surface area is 171 Å². The van der Waals surface area contributed by atoms with Crippen LogP contribution in [-0.4, -0.2) is 45.4 Å². The largest absolute Gasteiger partial charge is 0.494 e. The highest BCUT2D eigenvalue weighted by Crippen LogP contribution is 2.35. The molecule has 0 aromatic heterocycles. The number of carbonyl (C=O) groups excluding carboxylic acids is 1. The van der Waals surface area contributed by atoms with Gasteiger partial charge in [-0.05, 0) is 50.2 Å². The molecule has 1 atom stereocenters. The Morgan fingerprint density at radius 1 is 1.24 bits per heavy atom. The van der Waals surface area contributed by atoms with Gasteiger partial charge in [0.15, 0.2) is 0 Å². The van der Waals surface area contributed by atoms with Crippen LogP contribution in [0.15, 0.2) is 41.3 Å². The number of ether oxygens (including phenoxy) is 2. The van der Waals surface area contributed by atoms with Gasteiger partial charge in [0.25, 0.3) is 5.91 Å². The first-order chi connectivity index (χ1) is 13.7. The Balaban J connectivity index is 1.73. The van der Waals surface area contributed by atoms with Gasteiger partial charge < -0.3 is 14.8 Å². The zero-order chi connectivity index (χ0) is 21.2. The quantitative estimate of drug-likeness (QED) is 0.747. The number of carbonyl (C=O) groups is 1. The number of hydrogen-bond donors (Lipinski definition) is 1. The van der Waals surface area contributed by atoms with Crippen LogP contribution in [0.1, 0.15) is 35.3 Å². The number of nitrogens with one attached hydrogen (secondary N) is 1. The topological polar surface area (TPSA) is 84.9 Å². The molecule has 1 aliphatic heterocycles. The van der Waals surface area contributed by atoms with Crippen LogP contribution in [0.4, 0.5) is 0 Å². The molecule has 8 heteroatoms. The fraction of sp³-hybridized carbons (Fsp3) is 0.381. The van der Waals surface area contributed by atoms with E-state index in [9.17, 15) is 13.2 Å². The van der Waals surface area contributed by atoms with Crippen molar-refractivity contribution in [1.29, 1.82) is 0 Å². The molecule has 2 aromatic carbocycles. The molecule has 1 heterocycles. The summed E-state index contributed by atoms with van der Waals surface area (Å²) in [7, 11) is -0.595. The van der Waals surface area contributed by atoms with E-state index in [0.29, 0.717) is 12.2 Å². The van der Waals surface area contributed by atoms with Crippen LogP contribution in [0, 0.1) is 0 Å². The van der Waals surface area contributed by atoms with Gasteiger partial charge in [-0.15, -0.1) is 0 Å². The number of rotatable bonds is 7. The highest BCUT2D eigenvalue weighted by molar-refractivity contribution is 7.89. The molecule has 0 bridgehead atoms. The van der Waals surface area contributed by atoms with Crippen molar-refractivity contribution in [2.24, 2.45) is 0 Å². The Hall–Kier alpha value is -2.58. The lowest BCUT2D eigenvalue weighted by Crippen LogP contribution is -2.24. The van der Waals surface area contributed by atoms with Crippen molar-refractivity contribution in [3.05, 3.63) is 53.1 Å². The Morgan fingerprint density at radius 2 is 1.93 bits per heavy atom. The summed E-state index contributed by atoms with van der Waals surface area (Å²) in [4.78, 5) is 12.7. The van der Waals surface area contributed by atoms with E-state index >= 15 is 0 Å². The summed E-state index contributed by atoms with van der Waals surface area (Å²) < 4.78 is 37.0. The Kier molecular flexibility index (Phi) is 6.14. The van der Waals surface area contributed by atoms with Gasteiger partial charge in [-0.2, -0.15) is 0 Å². The summed E-state index contributed by atoms with van der Waals surface area (Å²) in [6, 6.07) is 9.76. The predicted octanol–water partition coefficient (Wildman–Crippen LogP) is 2.59. The molecule has 7 nitrogen and oxygen atoms in total. The second kappa shape index (κ2) is 8.42. The first-order valence-electron chi connectivity index (χ1n) is 9.48. The van der Waals surface area contributed by atoms with Crippen LogP contribution in [0.5, 0.6) is 11.5 Å². The fourth-order valence-electron chi connectivity index (χ4n) is 3.18. The van der Waals surface area contributed by atoms with Gasteiger partial charge >= 0.3 is 0 Å².